The lowest BCUT2D eigenvalue weighted by molar-refractivity contribution is 0.100. The van der Waals surface area contributed by atoms with Gasteiger partial charge in [-0.2, -0.15) is 0 Å². The van der Waals surface area contributed by atoms with Crippen LogP contribution in [0.15, 0.2) is 36.5 Å². The van der Waals surface area contributed by atoms with E-state index >= 15 is 0 Å². The highest BCUT2D eigenvalue weighted by molar-refractivity contribution is 5.98. The molecule has 0 unspecified atom stereocenters. The van der Waals surface area contributed by atoms with Crippen molar-refractivity contribution in [3.05, 3.63) is 53.2 Å². The average molecular weight is 268 g/mol. The van der Waals surface area contributed by atoms with Crippen LogP contribution in [0.5, 0.6) is 0 Å². The van der Waals surface area contributed by atoms with Crippen LogP contribution in [0.3, 0.4) is 0 Å². The Kier molecular flexibility index (Phi) is 3.02. The number of amides is 1. The van der Waals surface area contributed by atoms with Crippen molar-refractivity contribution in [1.82, 2.24) is 4.98 Å². The normalized spacial score (nSPS) is 14.0. The Balaban J connectivity index is 1.82. The largest absolute Gasteiger partial charge is 0.397 e. The fourth-order valence-corrected chi connectivity index (χ4v) is 2.64. The van der Waals surface area contributed by atoms with Gasteiger partial charge in [0.05, 0.1) is 17.4 Å². The number of hydrogen-bond acceptors (Lipinski definition) is 4. The Morgan fingerprint density at radius 2 is 1.90 bits per heavy atom. The van der Waals surface area contributed by atoms with Gasteiger partial charge in [0.2, 0.25) is 0 Å². The second kappa shape index (κ2) is 4.85. The number of primary amides is 1. The first-order valence-electron chi connectivity index (χ1n) is 6.52. The second-order valence-corrected chi connectivity index (χ2v) is 5.05. The lowest BCUT2D eigenvalue weighted by atomic mass is 10.1. The van der Waals surface area contributed by atoms with E-state index in [0.29, 0.717) is 17.1 Å². The smallest absolute Gasteiger partial charge is 0.252 e. The van der Waals surface area contributed by atoms with E-state index < -0.39 is 5.91 Å². The molecule has 5 N–H and O–H groups in total. The first kappa shape index (κ1) is 12.5. The molecule has 0 fully saturated rings. The van der Waals surface area contributed by atoms with E-state index in [4.69, 9.17) is 11.5 Å². The van der Waals surface area contributed by atoms with E-state index in [1.54, 1.807) is 6.07 Å². The molecule has 1 heterocycles. The zero-order valence-corrected chi connectivity index (χ0v) is 11.0. The maximum atomic E-state index is 11.5. The number of fused-ring (bicyclic) bond motifs is 1. The van der Waals surface area contributed by atoms with E-state index in [0.717, 1.165) is 12.8 Å². The highest BCUT2D eigenvalue weighted by atomic mass is 16.1. The summed E-state index contributed by atoms with van der Waals surface area (Å²) in [4.78, 5) is 15.6. The molecule has 0 saturated carbocycles. The summed E-state index contributed by atoms with van der Waals surface area (Å²) in [6.07, 6.45) is 3.36. The van der Waals surface area contributed by atoms with Gasteiger partial charge in [0.15, 0.2) is 0 Å². The molecule has 0 saturated heterocycles. The molecule has 5 nitrogen and oxygen atoms in total. The molecule has 20 heavy (non-hydrogen) atoms. The van der Waals surface area contributed by atoms with Gasteiger partial charge in [0, 0.05) is 6.04 Å². The molecular formula is C15H16N4O. The quantitative estimate of drug-likeness (QED) is 0.783. The number of nitrogens with one attached hydrogen (secondary N) is 1. The van der Waals surface area contributed by atoms with Crippen LogP contribution < -0.4 is 16.8 Å². The van der Waals surface area contributed by atoms with Crippen molar-refractivity contribution in [2.45, 2.75) is 18.9 Å². The molecule has 0 radical (unpaired) electrons. The Morgan fingerprint density at radius 1 is 1.25 bits per heavy atom. The van der Waals surface area contributed by atoms with Gasteiger partial charge in [0.1, 0.15) is 5.82 Å². The minimum atomic E-state index is -0.525. The molecule has 2 aromatic rings. The summed E-state index contributed by atoms with van der Waals surface area (Å²) in [7, 11) is 0. The van der Waals surface area contributed by atoms with Crippen molar-refractivity contribution in [3.63, 3.8) is 0 Å². The summed E-state index contributed by atoms with van der Waals surface area (Å²) >= 11 is 0. The van der Waals surface area contributed by atoms with Crippen LogP contribution in [0.25, 0.3) is 0 Å². The van der Waals surface area contributed by atoms with Crippen molar-refractivity contribution in [3.8, 4) is 0 Å². The van der Waals surface area contributed by atoms with Crippen molar-refractivity contribution < 1.29 is 4.79 Å². The van der Waals surface area contributed by atoms with Gasteiger partial charge >= 0.3 is 0 Å². The Bertz CT molecular complexity index is 644. The van der Waals surface area contributed by atoms with Crippen LogP contribution in [-0.2, 0) is 12.8 Å². The molecule has 1 aromatic heterocycles. The molecule has 5 heteroatoms. The van der Waals surface area contributed by atoms with E-state index in [9.17, 15) is 4.79 Å². The van der Waals surface area contributed by atoms with Gasteiger partial charge in [-0.05, 0) is 30.0 Å². The standard InChI is InChI=1S/C15H16N4O/c16-11-7-13(14(17)20)15(18-8-11)19-12-5-9-3-1-2-4-10(9)6-12/h1-4,7-8,12H,5-6,16H2,(H2,17,20)(H,18,19). The van der Waals surface area contributed by atoms with E-state index in [1.165, 1.54) is 17.3 Å². The Morgan fingerprint density at radius 3 is 2.50 bits per heavy atom. The summed E-state index contributed by atoms with van der Waals surface area (Å²) in [5.74, 6) is -0.0210. The van der Waals surface area contributed by atoms with Gasteiger partial charge < -0.3 is 16.8 Å². The summed E-state index contributed by atoms with van der Waals surface area (Å²) in [5.41, 5.74) is 14.4. The number of carbonyl (C=O) groups is 1. The number of rotatable bonds is 3. The molecule has 0 aliphatic heterocycles. The second-order valence-electron chi connectivity index (χ2n) is 5.05. The summed E-state index contributed by atoms with van der Waals surface area (Å²) in [5, 5.41) is 3.30. The Labute approximate surface area is 117 Å². The van der Waals surface area contributed by atoms with Crippen LogP contribution in [0.1, 0.15) is 21.5 Å². The number of nitrogens with two attached hydrogens (primary N) is 2. The van der Waals surface area contributed by atoms with E-state index in [2.05, 4.69) is 22.4 Å². The molecule has 1 amide bonds. The zero-order valence-electron chi connectivity index (χ0n) is 11.0. The highest BCUT2D eigenvalue weighted by Crippen LogP contribution is 2.25. The first-order valence-corrected chi connectivity index (χ1v) is 6.52. The summed E-state index contributed by atoms with van der Waals surface area (Å²) in [6, 6.07) is 10.1. The van der Waals surface area contributed by atoms with Crippen LogP contribution in [0, 0.1) is 0 Å². The number of hydrogen-bond donors (Lipinski definition) is 3. The molecule has 1 aliphatic carbocycles. The van der Waals surface area contributed by atoms with Gasteiger partial charge in [-0.1, -0.05) is 24.3 Å². The zero-order chi connectivity index (χ0) is 14.1. The Hall–Kier alpha value is -2.56. The molecule has 1 aromatic carbocycles. The molecule has 102 valence electrons. The number of nitrogens with zero attached hydrogens (tertiary/aromatic N) is 1. The maximum Gasteiger partial charge on any atom is 0.252 e. The third-order valence-electron chi connectivity index (χ3n) is 3.57. The minimum Gasteiger partial charge on any atom is -0.397 e. The van der Waals surface area contributed by atoms with Crippen molar-refractivity contribution in [2.24, 2.45) is 5.73 Å². The lowest BCUT2D eigenvalue weighted by Gasteiger charge is -2.15. The number of carbonyl (C=O) groups excluding carboxylic acids is 1. The third kappa shape index (κ3) is 2.30. The monoisotopic (exact) mass is 268 g/mol. The van der Waals surface area contributed by atoms with Crippen LogP contribution in [-0.4, -0.2) is 16.9 Å². The van der Waals surface area contributed by atoms with Gasteiger partial charge in [-0.25, -0.2) is 4.98 Å². The van der Waals surface area contributed by atoms with E-state index in [1.807, 2.05) is 12.1 Å². The van der Waals surface area contributed by atoms with Crippen molar-refractivity contribution >= 4 is 17.4 Å². The van der Waals surface area contributed by atoms with Crippen LogP contribution >= 0.6 is 0 Å². The van der Waals surface area contributed by atoms with Crippen molar-refractivity contribution in [2.75, 3.05) is 11.1 Å². The van der Waals surface area contributed by atoms with Crippen LogP contribution in [0.4, 0.5) is 11.5 Å². The molecule has 1 aliphatic rings. The highest BCUT2D eigenvalue weighted by Gasteiger charge is 2.22. The SMILES string of the molecule is NC(=O)c1cc(N)cnc1NC1Cc2ccccc2C1. The van der Waals surface area contributed by atoms with Crippen LogP contribution in [0.2, 0.25) is 0 Å². The molecule has 0 atom stereocenters. The number of pyridine rings is 1. The fraction of sp³-hybridized carbons (Fsp3) is 0.200. The number of benzene rings is 1. The number of aromatic nitrogens is 1. The number of nitrogen functional groups attached to an aromatic ring is 1. The van der Waals surface area contributed by atoms with E-state index in [-0.39, 0.29) is 6.04 Å². The predicted molar refractivity (Wildman–Crippen MR) is 78.4 cm³/mol. The number of anilines is 2. The van der Waals surface area contributed by atoms with Gasteiger partial charge in [-0.3, -0.25) is 4.79 Å². The van der Waals surface area contributed by atoms with Crippen molar-refractivity contribution in [1.29, 1.82) is 0 Å². The fourth-order valence-electron chi connectivity index (χ4n) is 2.64. The molecular weight excluding hydrogens is 252 g/mol. The first-order chi connectivity index (χ1) is 9.63. The van der Waals surface area contributed by atoms with Gasteiger partial charge in [-0.15, -0.1) is 0 Å². The summed E-state index contributed by atoms with van der Waals surface area (Å²) in [6.45, 7) is 0. The average Bonchev–Trinajstić information content (AvgIpc) is 2.82. The summed E-state index contributed by atoms with van der Waals surface area (Å²) < 4.78 is 0. The molecule has 0 bridgehead atoms. The maximum absolute atomic E-state index is 11.5. The molecule has 3 rings (SSSR count). The topological polar surface area (TPSA) is 94.0 Å². The third-order valence-corrected chi connectivity index (χ3v) is 3.57. The van der Waals surface area contributed by atoms with Gasteiger partial charge in [0.25, 0.3) is 5.91 Å². The predicted octanol–water partition coefficient (Wildman–Crippen LogP) is 1.34. The minimum absolute atomic E-state index is 0.224. The lowest BCUT2D eigenvalue weighted by Crippen LogP contribution is -2.24. The molecule has 0 spiro atoms.